The Hall–Kier alpha value is -1.69. The zero-order chi connectivity index (χ0) is 16.9. The summed E-state index contributed by atoms with van der Waals surface area (Å²) in [6.07, 6.45) is 1.02. The maximum Gasteiger partial charge on any atom is 0.332 e. The number of anilines is 2. The van der Waals surface area contributed by atoms with Crippen LogP contribution in [0.1, 0.15) is 6.42 Å². The highest BCUT2D eigenvalue weighted by molar-refractivity contribution is 8.14. The molecule has 0 spiro atoms. The van der Waals surface area contributed by atoms with Gasteiger partial charge in [0.05, 0.1) is 5.69 Å². The van der Waals surface area contributed by atoms with Crippen LogP contribution in [0, 0.1) is 0 Å². The highest BCUT2D eigenvalue weighted by Gasteiger charge is 2.23. The zero-order valence-electron chi connectivity index (χ0n) is 12.7. The summed E-state index contributed by atoms with van der Waals surface area (Å²) in [5, 5.41) is 4.81. The van der Waals surface area contributed by atoms with E-state index < -0.39 is 0 Å². The lowest BCUT2D eigenvalue weighted by Crippen LogP contribution is -2.39. The number of halogens is 2. The third kappa shape index (κ3) is 4.23. The fourth-order valence-corrected chi connectivity index (χ4v) is 3.41. The summed E-state index contributed by atoms with van der Waals surface area (Å²) in [5.41, 5.74) is 1.39. The third-order valence-electron chi connectivity index (χ3n) is 3.36. The van der Waals surface area contributed by atoms with Gasteiger partial charge < -0.3 is 5.32 Å². The predicted octanol–water partition coefficient (Wildman–Crippen LogP) is 5.52. The second-order valence-corrected chi connectivity index (χ2v) is 7.05. The molecule has 3 rings (SSSR count). The van der Waals surface area contributed by atoms with Crippen molar-refractivity contribution in [1.29, 1.82) is 0 Å². The Morgan fingerprint density at radius 3 is 2.25 bits per heavy atom. The molecule has 1 N–H and O–H groups in total. The lowest BCUT2D eigenvalue weighted by atomic mass is 10.3. The highest BCUT2D eigenvalue weighted by atomic mass is 35.5. The van der Waals surface area contributed by atoms with Crippen LogP contribution < -0.4 is 10.2 Å². The normalized spacial score (nSPS) is 14.0. The molecule has 0 fully saturated rings. The fourth-order valence-electron chi connectivity index (χ4n) is 2.20. The number of hydrogen-bond donors (Lipinski definition) is 1. The second-order valence-electron chi connectivity index (χ2n) is 5.12. The van der Waals surface area contributed by atoms with Gasteiger partial charge >= 0.3 is 6.03 Å². The van der Waals surface area contributed by atoms with Gasteiger partial charge in [-0.3, -0.25) is 4.99 Å². The minimum absolute atomic E-state index is 0.271. The van der Waals surface area contributed by atoms with Crippen molar-refractivity contribution < 1.29 is 4.79 Å². The third-order valence-corrected chi connectivity index (χ3v) is 4.92. The van der Waals surface area contributed by atoms with Gasteiger partial charge in [-0.2, -0.15) is 0 Å². The molecule has 0 aliphatic carbocycles. The molecule has 0 unspecified atom stereocenters. The number of hydrogen-bond acceptors (Lipinski definition) is 3. The number of carbonyl (C=O) groups excluding carboxylic acids is 1. The second kappa shape index (κ2) is 7.92. The van der Waals surface area contributed by atoms with Crippen LogP contribution in [0.3, 0.4) is 0 Å². The van der Waals surface area contributed by atoms with Crippen LogP contribution >= 0.6 is 35.0 Å². The van der Waals surface area contributed by atoms with Crippen molar-refractivity contribution in [3.63, 3.8) is 0 Å². The summed E-state index contributed by atoms with van der Waals surface area (Å²) in [6, 6.07) is 13.8. The molecule has 0 saturated heterocycles. The fraction of sp³-hybridized carbons (Fsp3) is 0.176. The average Bonchev–Trinajstić information content (AvgIpc) is 2.60. The number of rotatable bonds is 2. The quantitative estimate of drug-likeness (QED) is 0.745. The van der Waals surface area contributed by atoms with E-state index in [2.05, 4.69) is 10.3 Å². The van der Waals surface area contributed by atoms with Gasteiger partial charge in [0.1, 0.15) is 0 Å². The van der Waals surface area contributed by atoms with Crippen molar-refractivity contribution >= 4 is 57.5 Å². The maximum absolute atomic E-state index is 12.8. The standard InChI is InChI=1S/C17H15Cl2N3OS/c18-12-2-6-14(7-3-12)21-16(23)22(17-20-10-1-11-24-17)15-8-4-13(19)5-9-15/h2-9H,1,10-11H2,(H,21,23). The molecule has 0 saturated carbocycles. The molecule has 124 valence electrons. The van der Waals surface area contributed by atoms with Crippen LogP contribution in [0.2, 0.25) is 10.0 Å². The van der Waals surface area contributed by atoms with Gasteiger partial charge in [-0.05, 0) is 55.0 Å². The summed E-state index contributed by atoms with van der Waals surface area (Å²) < 4.78 is 0. The van der Waals surface area contributed by atoms with Gasteiger partial charge in [0, 0.05) is 28.0 Å². The summed E-state index contributed by atoms with van der Waals surface area (Å²) >= 11 is 13.4. The number of aliphatic imine (C=N–C) groups is 1. The smallest absolute Gasteiger partial charge is 0.307 e. The Bertz CT molecular complexity index is 747. The Labute approximate surface area is 154 Å². The molecule has 0 atom stereocenters. The van der Waals surface area contributed by atoms with E-state index in [1.54, 1.807) is 53.1 Å². The minimum Gasteiger partial charge on any atom is -0.307 e. The largest absolute Gasteiger partial charge is 0.332 e. The molecule has 0 bridgehead atoms. The summed E-state index contributed by atoms with van der Waals surface area (Å²) in [6.45, 7) is 0.723. The first-order valence-electron chi connectivity index (χ1n) is 7.43. The number of urea groups is 1. The molecule has 0 radical (unpaired) electrons. The van der Waals surface area contributed by atoms with E-state index in [0.29, 0.717) is 20.9 Å². The molecule has 24 heavy (non-hydrogen) atoms. The molecule has 2 aromatic rings. The van der Waals surface area contributed by atoms with Crippen molar-refractivity contribution in [3.8, 4) is 0 Å². The molecule has 2 amide bonds. The Balaban J connectivity index is 1.88. The summed E-state index contributed by atoms with van der Waals surface area (Å²) in [5.74, 6) is 0.942. The molecule has 0 aromatic heterocycles. The summed E-state index contributed by atoms with van der Waals surface area (Å²) in [7, 11) is 0. The van der Waals surface area contributed by atoms with E-state index in [0.717, 1.165) is 24.4 Å². The molecular formula is C17H15Cl2N3OS. The monoisotopic (exact) mass is 379 g/mol. The first-order valence-corrected chi connectivity index (χ1v) is 9.17. The first kappa shape index (κ1) is 17.1. The van der Waals surface area contributed by atoms with Gasteiger partial charge in [0.15, 0.2) is 5.17 Å². The van der Waals surface area contributed by atoms with Crippen LogP contribution in [-0.2, 0) is 0 Å². The Morgan fingerprint density at radius 1 is 1.04 bits per heavy atom. The van der Waals surface area contributed by atoms with E-state index in [4.69, 9.17) is 23.2 Å². The molecular weight excluding hydrogens is 365 g/mol. The van der Waals surface area contributed by atoms with Crippen LogP contribution in [0.25, 0.3) is 0 Å². The van der Waals surface area contributed by atoms with Crippen molar-refractivity contribution in [2.75, 3.05) is 22.5 Å². The number of amides is 2. The van der Waals surface area contributed by atoms with Crippen molar-refractivity contribution in [1.82, 2.24) is 0 Å². The highest BCUT2D eigenvalue weighted by Crippen LogP contribution is 2.25. The van der Waals surface area contributed by atoms with Gasteiger partial charge in [0.2, 0.25) is 0 Å². The number of amidine groups is 1. The van der Waals surface area contributed by atoms with Gasteiger partial charge in [-0.25, -0.2) is 9.69 Å². The van der Waals surface area contributed by atoms with Crippen LogP contribution in [-0.4, -0.2) is 23.5 Å². The molecule has 7 heteroatoms. The number of benzene rings is 2. The molecule has 1 heterocycles. The first-order chi connectivity index (χ1) is 11.6. The van der Waals surface area contributed by atoms with Crippen LogP contribution in [0.4, 0.5) is 16.2 Å². The Kier molecular flexibility index (Phi) is 5.66. The van der Waals surface area contributed by atoms with Gasteiger partial charge in [-0.1, -0.05) is 35.0 Å². The molecule has 2 aromatic carbocycles. The van der Waals surface area contributed by atoms with Crippen molar-refractivity contribution in [2.45, 2.75) is 6.42 Å². The number of thioether (sulfide) groups is 1. The van der Waals surface area contributed by atoms with E-state index in [9.17, 15) is 4.79 Å². The van der Waals surface area contributed by atoms with Gasteiger partial charge in [0.25, 0.3) is 0 Å². The number of carbonyl (C=O) groups is 1. The van der Waals surface area contributed by atoms with E-state index in [1.165, 1.54) is 0 Å². The zero-order valence-corrected chi connectivity index (χ0v) is 15.0. The lowest BCUT2D eigenvalue weighted by Gasteiger charge is -2.26. The minimum atomic E-state index is -0.271. The SMILES string of the molecule is O=C(Nc1ccc(Cl)cc1)N(C1=NCCCS1)c1ccc(Cl)cc1. The number of nitrogens with zero attached hydrogens (tertiary/aromatic N) is 2. The van der Waals surface area contributed by atoms with Crippen LogP contribution in [0.15, 0.2) is 53.5 Å². The molecule has 4 nitrogen and oxygen atoms in total. The Morgan fingerprint density at radius 2 is 1.67 bits per heavy atom. The van der Waals surface area contributed by atoms with Crippen molar-refractivity contribution in [2.24, 2.45) is 4.99 Å². The van der Waals surface area contributed by atoms with E-state index in [1.807, 2.05) is 12.1 Å². The lowest BCUT2D eigenvalue weighted by molar-refractivity contribution is 0.259. The maximum atomic E-state index is 12.8. The molecule has 1 aliphatic rings. The van der Waals surface area contributed by atoms with E-state index in [-0.39, 0.29) is 6.03 Å². The topological polar surface area (TPSA) is 44.7 Å². The summed E-state index contributed by atoms with van der Waals surface area (Å²) in [4.78, 5) is 18.9. The van der Waals surface area contributed by atoms with Crippen molar-refractivity contribution in [3.05, 3.63) is 58.6 Å². The number of nitrogens with one attached hydrogen (secondary N) is 1. The average molecular weight is 380 g/mol. The van der Waals surface area contributed by atoms with Gasteiger partial charge in [-0.15, -0.1) is 0 Å². The molecule has 1 aliphatic heterocycles. The predicted molar refractivity (Wildman–Crippen MR) is 104 cm³/mol. The van der Waals surface area contributed by atoms with Crippen LogP contribution in [0.5, 0.6) is 0 Å². The van der Waals surface area contributed by atoms with E-state index >= 15 is 0 Å².